The van der Waals surface area contributed by atoms with Crippen LogP contribution in [0.2, 0.25) is 0 Å². The largest absolute Gasteiger partial charge is 0.355 e. The van der Waals surface area contributed by atoms with Crippen molar-refractivity contribution in [3.63, 3.8) is 0 Å². The van der Waals surface area contributed by atoms with Gasteiger partial charge in [0, 0.05) is 58.9 Å². The summed E-state index contributed by atoms with van der Waals surface area (Å²) in [5.74, 6) is 0.588. The molecule has 7 heteroatoms. The second-order valence-electron chi connectivity index (χ2n) is 5.92. The molecule has 4 rings (SSSR count). The Balaban J connectivity index is 0.00000192. The molecule has 0 radical (unpaired) electrons. The first-order valence-electron chi connectivity index (χ1n) is 7.90. The van der Waals surface area contributed by atoms with Crippen LogP contribution in [-0.2, 0) is 6.54 Å². The molecule has 1 aromatic carbocycles. The fraction of sp³-hybridized carbons (Fsp3) is 0.562. The van der Waals surface area contributed by atoms with Gasteiger partial charge in [-0.05, 0) is 17.7 Å². The van der Waals surface area contributed by atoms with E-state index in [2.05, 4.69) is 25.4 Å². The van der Waals surface area contributed by atoms with Crippen LogP contribution in [0.5, 0.6) is 0 Å². The molecule has 0 amide bonds. The van der Waals surface area contributed by atoms with Crippen LogP contribution in [0.15, 0.2) is 29.3 Å². The number of fused-ring (bicyclic) bond motifs is 3. The molecular weight excluding hydrogens is 408 g/mol. The molecule has 3 saturated heterocycles. The Labute approximate surface area is 154 Å². The molecule has 23 heavy (non-hydrogen) atoms. The summed E-state index contributed by atoms with van der Waals surface area (Å²) in [5, 5.41) is 6.68. The standard InChI is InChI=1S/C16H24FN5.HI/c1-18-16(19-10-13-2-4-14(17)5-3-13)20-11-15-12-21-6-8-22(15)9-7-21;/h2-5,15H,6-12H2,1H3,(H2,18,19,20);1H. The van der Waals surface area contributed by atoms with E-state index in [1.165, 1.54) is 38.3 Å². The van der Waals surface area contributed by atoms with E-state index in [0.717, 1.165) is 24.6 Å². The van der Waals surface area contributed by atoms with Gasteiger partial charge in [-0.25, -0.2) is 4.39 Å². The lowest BCUT2D eigenvalue weighted by Gasteiger charge is -2.47. The quantitative estimate of drug-likeness (QED) is 0.424. The monoisotopic (exact) mass is 433 g/mol. The van der Waals surface area contributed by atoms with E-state index in [1.807, 2.05) is 0 Å². The van der Waals surface area contributed by atoms with Crippen molar-refractivity contribution < 1.29 is 4.39 Å². The van der Waals surface area contributed by atoms with Crippen molar-refractivity contribution in [3.05, 3.63) is 35.6 Å². The third-order valence-electron chi connectivity index (χ3n) is 4.49. The fourth-order valence-corrected chi connectivity index (χ4v) is 3.14. The smallest absolute Gasteiger partial charge is 0.191 e. The normalized spacial score (nSPS) is 26.5. The highest BCUT2D eigenvalue weighted by Gasteiger charge is 2.31. The lowest BCUT2D eigenvalue weighted by Crippen LogP contribution is -2.63. The van der Waals surface area contributed by atoms with Gasteiger partial charge >= 0.3 is 0 Å². The van der Waals surface area contributed by atoms with Gasteiger partial charge in [0.25, 0.3) is 0 Å². The summed E-state index contributed by atoms with van der Waals surface area (Å²) >= 11 is 0. The predicted octanol–water partition coefficient (Wildman–Crippen LogP) is 1.11. The lowest BCUT2D eigenvalue weighted by molar-refractivity contribution is 0.0154. The van der Waals surface area contributed by atoms with Gasteiger partial charge in [-0.2, -0.15) is 0 Å². The molecule has 128 valence electrons. The van der Waals surface area contributed by atoms with E-state index in [4.69, 9.17) is 0 Å². The van der Waals surface area contributed by atoms with Gasteiger partial charge in [-0.15, -0.1) is 24.0 Å². The minimum absolute atomic E-state index is 0. The number of nitrogens with zero attached hydrogens (tertiary/aromatic N) is 3. The topological polar surface area (TPSA) is 42.9 Å². The average Bonchev–Trinajstić information content (AvgIpc) is 2.58. The van der Waals surface area contributed by atoms with E-state index in [9.17, 15) is 4.39 Å². The third-order valence-corrected chi connectivity index (χ3v) is 4.49. The first-order valence-corrected chi connectivity index (χ1v) is 7.90. The molecule has 3 aliphatic rings. The van der Waals surface area contributed by atoms with Gasteiger partial charge in [0.1, 0.15) is 5.82 Å². The van der Waals surface area contributed by atoms with Crippen molar-refractivity contribution in [2.24, 2.45) is 4.99 Å². The maximum Gasteiger partial charge on any atom is 0.191 e. The molecule has 2 bridgehead atoms. The molecule has 0 aromatic heterocycles. The van der Waals surface area contributed by atoms with E-state index in [0.29, 0.717) is 12.6 Å². The summed E-state index contributed by atoms with van der Waals surface area (Å²) in [5.41, 5.74) is 1.04. The Bertz CT molecular complexity index is 514. The number of hydrogen-bond donors (Lipinski definition) is 2. The van der Waals surface area contributed by atoms with Crippen LogP contribution in [0.1, 0.15) is 5.56 Å². The van der Waals surface area contributed by atoms with Crippen molar-refractivity contribution in [1.82, 2.24) is 20.4 Å². The first-order chi connectivity index (χ1) is 10.7. The van der Waals surface area contributed by atoms with Crippen LogP contribution in [0.25, 0.3) is 0 Å². The molecule has 0 spiro atoms. The number of aliphatic imine (C=N–C) groups is 1. The summed E-state index contributed by atoms with van der Waals surface area (Å²) < 4.78 is 12.9. The second kappa shape index (κ2) is 8.79. The molecular formula is C16H25FIN5. The highest BCUT2D eigenvalue weighted by molar-refractivity contribution is 14.0. The molecule has 3 fully saturated rings. The van der Waals surface area contributed by atoms with Crippen molar-refractivity contribution in [2.75, 3.05) is 46.3 Å². The van der Waals surface area contributed by atoms with Crippen LogP contribution in [-0.4, -0.2) is 68.1 Å². The van der Waals surface area contributed by atoms with Crippen molar-refractivity contribution in [2.45, 2.75) is 12.6 Å². The number of benzene rings is 1. The van der Waals surface area contributed by atoms with Crippen LogP contribution < -0.4 is 10.6 Å². The minimum Gasteiger partial charge on any atom is -0.355 e. The summed E-state index contributed by atoms with van der Waals surface area (Å²) in [6.07, 6.45) is 0. The summed E-state index contributed by atoms with van der Waals surface area (Å²) in [6.45, 7) is 7.44. The number of guanidine groups is 1. The summed E-state index contributed by atoms with van der Waals surface area (Å²) in [7, 11) is 1.77. The molecule has 2 N–H and O–H groups in total. The second-order valence-corrected chi connectivity index (χ2v) is 5.92. The Morgan fingerprint density at radius 3 is 2.43 bits per heavy atom. The molecule has 3 aliphatic heterocycles. The molecule has 0 aliphatic carbocycles. The van der Waals surface area contributed by atoms with Crippen molar-refractivity contribution in [1.29, 1.82) is 0 Å². The molecule has 1 unspecified atom stereocenters. The van der Waals surface area contributed by atoms with Gasteiger partial charge in [0.2, 0.25) is 0 Å². The Kier molecular flexibility index (Phi) is 7.04. The molecule has 1 atom stereocenters. The number of nitrogens with one attached hydrogen (secondary N) is 2. The number of hydrogen-bond acceptors (Lipinski definition) is 3. The number of rotatable bonds is 4. The van der Waals surface area contributed by atoms with Crippen molar-refractivity contribution in [3.8, 4) is 0 Å². The average molecular weight is 433 g/mol. The van der Waals surface area contributed by atoms with Crippen molar-refractivity contribution >= 4 is 29.9 Å². The summed E-state index contributed by atoms with van der Waals surface area (Å²) in [4.78, 5) is 9.34. The molecule has 1 aromatic rings. The minimum atomic E-state index is -0.206. The van der Waals surface area contributed by atoms with Gasteiger partial charge < -0.3 is 10.6 Å². The zero-order valence-corrected chi connectivity index (χ0v) is 15.8. The highest BCUT2D eigenvalue weighted by Crippen LogP contribution is 2.14. The van der Waals surface area contributed by atoms with Gasteiger partial charge in [-0.1, -0.05) is 12.1 Å². The lowest BCUT2D eigenvalue weighted by atomic mass is 10.1. The molecule has 5 nitrogen and oxygen atoms in total. The number of halogens is 2. The Morgan fingerprint density at radius 1 is 1.17 bits per heavy atom. The van der Waals surface area contributed by atoms with Gasteiger partial charge in [-0.3, -0.25) is 14.8 Å². The maximum atomic E-state index is 12.9. The zero-order valence-electron chi connectivity index (χ0n) is 13.5. The van der Waals surface area contributed by atoms with Crippen LogP contribution >= 0.6 is 24.0 Å². The fourth-order valence-electron chi connectivity index (χ4n) is 3.14. The predicted molar refractivity (Wildman–Crippen MR) is 102 cm³/mol. The molecule has 3 heterocycles. The van der Waals surface area contributed by atoms with Crippen LogP contribution in [0.4, 0.5) is 4.39 Å². The first kappa shape index (κ1) is 18.4. The Morgan fingerprint density at radius 2 is 1.87 bits per heavy atom. The SMILES string of the molecule is CN=C(NCc1ccc(F)cc1)NCC1CN2CCN1CC2.I. The molecule has 0 saturated carbocycles. The maximum absolute atomic E-state index is 12.9. The Hall–Kier alpha value is -0.930. The van der Waals surface area contributed by atoms with E-state index < -0.39 is 0 Å². The van der Waals surface area contributed by atoms with Crippen LogP contribution in [0.3, 0.4) is 0 Å². The number of piperazine rings is 3. The summed E-state index contributed by atoms with van der Waals surface area (Å²) in [6, 6.07) is 7.09. The van der Waals surface area contributed by atoms with Gasteiger partial charge in [0.05, 0.1) is 0 Å². The highest BCUT2D eigenvalue weighted by atomic mass is 127. The van der Waals surface area contributed by atoms with E-state index >= 15 is 0 Å². The third kappa shape index (κ3) is 5.02. The van der Waals surface area contributed by atoms with E-state index in [1.54, 1.807) is 19.2 Å². The van der Waals surface area contributed by atoms with E-state index in [-0.39, 0.29) is 29.8 Å². The van der Waals surface area contributed by atoms with Gasteiger partial charge in [0.15, 0.2) is 5.96 Å². The van der Waals surface area contributed by atoms with Crippen LogP contribution in [0, 0.1) is 5.82 Å². The zero-order chi connectivity index (χ0) is 15.4.